The third-order valence-electron chi connectivity index (χ3n) is 3.11. The molecule has 1 saturated heterocycles. The maximum Gasteiger partial charge on any atom is 0.292 e. The summed E-state index contributed by atoms with van der Waals surface area (Å²) in [5, 5.41) is 13.8. The minimum atomic E-state index is -0.539. The van der Waals surface area contributed by atoms with Crippen molar-refractivity contribution in [2.75, 3.05) is 30.3 Å². The van der Waals surface area contributed by atoms with E-state index in [4.69, 9.17) is 11.5 Å². The van der Waals surface area contributed by atoms with Crippen LogP contribution in [-0.4, -0.2) is 36.5 Å². The molecule has 0 spiro atoms. The van der Waals surface area contributed by atoms with Crippen LogP contribution in [0.4, 0.5) is 17.1 Å². The van der Waals surface area contributed by atoms with Gasteiger partial charge in [-0.3, -0.25) is 14.9 Å². The van der Waals surface area contributed by atoms with Crippen molar-refractivity contribution in [2.24, 2.45) is 5.73 Å². The molecule has 1 amide bonds. The number of nitro groups is 1. The lowest BCUT2D eigenvalue weighted by atomic mass is 10.1. The second-order valence-corrected chi connectivity index (χ2v) is 4.32. The molecule has 1 aliphatic heterocycles. The highest BCUT2D eigenvalue weighted by molar-refractivity contribution is 5.84. The third kappa shape index (κ3) is 2.58. The average Bonchev–Trinajstić information content (AvgIpc) is 2.38. The molecular formula is C11H15N5O3. The number of anilines is 2. The number of carbonyl (C=O) groups is 1. The van der Waals surface area contributed by atoms with Crippen LogP contribution in [-0.2, 0) is 4.79 Å². The number of nitrogen functional groups attached to an aromatic ring is 1. The zero-order valence-corrected chi connectivity index (χ0v) is 10.2. The van der Waals surface area contributed by atoms with Crippen molar-refractivity contribution < 1.29 is 9.72 Å². The molecule has 0 bridgehead atoms. The lowest BCUT2D eigenvalue weighted by Crippen LogP contribution is -2.57. The number of primary amides is 1. The van der Waals surface area contributed by atoms with E-state index in [-0.39, 0.29) is 11.4 Å². The number of amides is 1. The molecule has 5 N–H and O–H groups in total. The topological polar surface area (TPSA) is 128 Å². The highest BCUT2D eigenvalue weighted by Gasteiger charge is 2.27. The van der Waals surface area contributed by atoms with Crippen molar-refractivity contribution in [3.63, 3.8) is 0 Å². The molecular weight excluding hydrogens is 250 g/mol. The molecule has 1 aliphatic rings. The summed E-state index contributed by atoms with van der Waals surface area (Å²) < 4.78 is 0. The SMILES string of the molecule is NC(=O)C1CNCCN1c1ccc([N+](=O)[O-])c(N)c1. The van der Waals surface area contributed by atoms with Gasteiger partial charge in [0.2, 0.25) is 5.91 Å². The number of nitrogens with zero attached hydrogens (tertiary/aromatic N) is 2. The van der Waals surface area contributed by atoms with Crippen molar-refractivity contribution in [3.05, 3.63) is 28.3 Å². The molecule has 1 aromatic rings. The van der Waals surface area contributed by atoms with Gasteiger partial charge in [0.25, 0.3) is 5.69 Å². The summed E-state index contributed by atoms with van der Waals surface area (Å²) in [6, 6.07) is 3.94. The maximum absolute atomic E-state index is 11.4. The first-order chi connectivity index (χ1) is 9.00. The zero-order valence-electron chi connectivity index (χ0n) is 10.2. The van der Waals surface area contributed by atoms with Crippen LogP contribution in [0.1, 0.15) is 0 Å². The quantitative estimate of drug-likeness (QED) is 0.382. The van der Waals surface area contributed by atoms with E-state index >= 15 is 0 Å². The van der Waals surface area contributed by atoms with E-state index in [0.717, 1.165) is 0 Å². The fourth-order valence-corrected chi connectivity index (χ4v) is 2.15. The van der Waals surface area contributed by atoms with Crippen LogP contribution in [0.25, 0.3) is 0 Å². The molecule has 19 heavy (non-hydrogen) atoms. The second-order valence-electron chi connectivity index (χ2n) is 4.32. The summed E-state index contributed by atoms with van der Waals surface area (Å²) in [6.07, 6.45) is 0. The monoisotopic (exact) mass is 265 g/mol. The van der Waals surface area contributed by atoms with E-state index in [1.807, 2.05) is 0 Å². The number of nitrogens with one attached hydrogen (secondary N) is 1. The molecule has 102 valence electrons. The number of piperazine rings is 1. The Balaban J connectivity index is 2.32. The van der Waals surface area contributed by atoms with Gasteiger partial charge in [-0.25, -0.2) is 0 Å². The second kappa shape index (κ2) is 5.11. The average molecular weight is 265 g/mol. The van der Waals surface area contributed by atoms with Gasteiger partial charge >= 0.3 is 0 Å². The zero-order chi connectivity index (χ0) is 14.0. The maximum atomic E-state index is 11.4. The summed E-state index contributed by atoms with van der Waals surface area (Å²) in [5.74, 6) is -0.441. The van der Waals surface area contributed by atoms with E-state index in [2.05, 4.69) is 5.32 Å². The van der Waals surface area contributed by atoms with Crippen molar-refractivity contribution in [1.82, 2.24) is 5.32 Å². The first kappa shape index (κ1) is 13.1. The third-order valence-corrected chi connectivity index (χ3v) is 3.11. The van der Waals surface area contributed by atoms with Gasteiger partial charge in [-0.2, -0.15) is 0 Å². The van der Waals surface area contributed by atoms with Gasteiger partial charge in [-0.05, 0) is 12.1 Å². The van der Waals surface area contributed by atoms with Crippen LogP contribution in [0, 0.1) is 10.1 Å². The first-order valence-corrected chi connectivity index (χ1v) is 5.81. The van der Waals surface area contributed by atoms with E-state index in [1.54, 1.807) is 11.0 Å². The molecule has 0 aromatic heterocycles. The number of hydrogen-bond donors (Lipinski definition) is 3. The first-order valence-electron chi connectivity index (χ1n) is 5.81. The van der Waals surface area contributed by atoms with Crippen LogP contribution in [0.5, 0.6) is 0 Å². The summed E-state index contributed by atoms with van der Waals surface area (Å²) in [5.41, 5.74) is 11.6. The molecule has 2 rings (SSSR count). The van der Waals surface area contributed by atoms with Gasteiger partial charge in [0, 0.05) is 31.4 Å². The van der Waals surface area contributed by atoms with E-state index in [1.165, 1.54) is 12.1 Å². The van der Waals surface area contributed by atoms with Crippen LogP contribution >= 0.6 is 0 Å². The molecule has 1 atom stereocenters. The van der Waals surface area contributed by atoms with E-state index < -0.39 is 16.9 Å². The van der Waals surface area contributed by atoms with Crippen molar-refractivity contribution in [3.8, 4) is 0 Å². The number of carbonyl (C=O) groups excluding carboxylic acids is 1. The van der Waals surface area contributed by atoms with Crippen LogP contribution in [0.3, 0.4) is 0 Å². The van der Waals surface area contributed by atoms with Crippen LogP contribution < -0.4 is 21.7 Å². The Bertz CT molecular complexity index is 519. The Labute approximate surface area is 109 Å². The predicted octanol–water partition coefficient (Wildman–Crippen LogP) is -0.559. The van der Waals surface area contributed by atoms with Crippen LogP contribution in [0.2, 0.25) is 0 Å². The summed E-state index contributed by atoms with van der Waals surface area (Å²) in [7, 11) is 0. The van der Waals surface area contributed by atoms with Gasteiger partial charge in [-0.1, -0.05) is 0 Å². The molecule has 1 heterocycles. The number of rotatable bonds is 3. The summed E-state index contributed by atoms with van der Waals surface area (Å²) in [6.45, 7) is 1.75. The van der Waals surface area contributed by atoms with E-state index in [9.17, 15) is 14.9 Å². The lowest BCUT2D eigenvalue weighted by molar-refractivity contribution is -0.383. The molecule has 1 fully saturated rings. The number of benzene rings is 1. The molecule has 0 aliphatic carbocycles. The normalized spacial score (nSPS) is 19.2. The van der Waals surface area contributed by atoms with Gasteiger partial charge in [0.1, 0.15) is 11.7 Å². The Morgan fingerprint density at radius 3 is 2.84 bits per heavy atom. The summed E-state index contributed by atoms with van der Waals surface area (Å²) >= 11 is 0. The van der Waals surface area contributed by atoms with Crippen molar-refractivity contribution in [1.29, 1.82) is 0 Å². The molecule has 1 aromatic carbocycles. The van der Waals surface area contributed by atoms with Crippen molar-refractivity contribution >= 4 is 23.0 Å². The standard InChI is InChI=1S/C11H15N5O3/c12-8-5-7(1-2-9(8)16(18)19)15-4-3-14-6-10(15)11(13)17/h1-2,5,10,14H,3-4,6,12H2,(H2,13,17). The highest BCUT2D eigenvalue weighted by atomic mass is 16.6. The Morgan fingerprint density at radius 1 is 1.53 bits per heavy atom. The molecule has 1 unspecified atom stereocenters. The molecule has 8 heteroatoms. The van der Waals surface area contributed by atoms with Gasteiger partial charge in [0.05, 0.1) is 4.92 Å². The molecule has 8 nitrogen and oxygen atoms in total. The number of nitro benzene ring substituents is 1. The smallest absolute Gasteiger partial charge is 0.292 e. The molecule has 0 saturated carbocycles. The Hall–Kier alpha value is -2.35. The fraction of sp³-hybridized carbons (Fsp3) is 0.364. The Kier molecular flexibility index (Phi) is 3.52. The number of nitrogens with two attached hydrogens (primary N) is 2. The largest absolute Gasteiger partial charge is 0.393 e. The number of hydrogen-bond acceptors (Lipinski definition) is 6. The minimum absolute atomic E-state index is 0.0734. The van der Waals surface area contributed by atoms with Crippen molar-refractivity contribution in [2.45, 2.75) is 6.04 Å². The summed E-state index contributed by atoms with van der Waals surface area (Å²) in [4.78, 5) is 23.4. The van der Waals surface area contributed by atoms with Gasteiger partial charge in [0.15, 0.2) is 0 Å². The molecule has 0 radical (unpaired) electrons. The van der Waals surface area contributed by atoms with Gasteiger partial charge in [-0.15, -0.1) is 0 Å². The van der Waals surface area contributed by atoms with Crippen LogP contribution in [0.15, 0.2) is 18.2 Å². The van der Waals surface area contributed by atoms with E-state index in [0.29, 0.717) is 25.3 Å². The van der Waals surface area contributed by atoms with Gasteiger partial charge < -0.3 is 21.7 Å². The predicted molar refractivity (Wildman–Crippen MR) is 70.7 cm³/mol. The lowest BCUT2D eigenvalue weighted by Gasteiger charge is -2.36. The Morgan fingerprint density at radius 2 is 2.26 bits per heavy atom. The highest BCUT2D eigenvalue weighted by Crippen LogP contribution is 2.28. The fourth-order valence-electron chi connectivity index (χ4n) is 2.15. The minimum Gasteiger partial charge on any atom is -0.393 e.